The van der Waals surface area contributed by atoms with E-state index < -0.39 is 0 Å². The van der Waals surface area contributed by atoms with Crippen molar-refractivity contribution in [2.45, 2.75) is 6.42 Å². The minimum atomic E-state index is -0.153. The van der Waals surface area contributed by atoms with Gasteiger partial charge in [0.15, 0.2) is 5.82 Å². The normalized spacial score (nSPS) is 10.4. The van der Waals surface area contributed by atoms with Gasteiger partial charge >= 0.3 is 0 Å². The third-order valence-electron chi connectivity index (χ3n) is 2.94. The number of benzene rings is 2. The lowest BCUT2D eigenvalue weighted by Gasteiger charge is -2.03. The van der Waals surface area contributed by atoms with Gasteiger partial charge in [-0.2, -0.15) is 4.68 Å². The van der Waals surface area contributed by atoms with E-state index in [9.17, 15) is 4.79 Å². The summed E-state index contributed by atoms with van der Waals surface area (Å²) in [6, 6.07) is 19.0. The molecule has 0 aliphatic carbocycles. The number of rotatable bonds is 3. The number of tetrazole rings is 1. The molecule has 0 radical (unpaired) electrons. The number of hydrogen-bond acceptors (Lipinski definition) is 4. The van der Waals surface area contributed by atoms with Gasteiger partial charge in [0.25, 0.3) is 5.91 Å². The van der Waals surface area contributed by atoms with Gasteiger partial charge in [0, 0.05) is 5.56 Å². The van der Waals surface area contributed by atoms with Gasteiger partial charge in [0.1, 0.15) is 0 Å². The molecule has 0 unspecified atom stereocenters. The quantitative estimate of drug-likeness (QED) is 0.680. The average molecular weight is 264 g/mol. The molecule has 0 amide bonds. The number of aromatic nitrogens is 4. The summed E-state index contributed by atoms with van der Waals surface area (Å²) >= 11 is 0. The van der Waals surface area contributed by atoms with E-state index in [1.807, 2.05) is 60.7 Å². The molecule has 0 saturated heterocycles. The number of nitrogens with zero attached hydrogens (tertiary/aromatic N) is 4. The van der Waals surface area contributed by atoms with E-state index in [0.29, 0.717) is 5.82 Å². The first-order valence-electron chi connectivity index (χ1n) is 6.25. The molecule has 1 aromatic heterocycles. The summed E-state index contributed by atoms with van der Waals surface area (Å²) in [4.78, 5) is 12.3. The zero-order valence-corrected chi connectivity index (χ0v) is 10.7. The smallest absolute Gasteiger partial charge is 0.254 e. The summed E-state index contributed by atoms with van der Waals surface area (Å²) in [6.07, 6.45) is 0.270. The lowest BCUT2D eigenvalue weighted by molar-refractivity contribution is 0.0898. The van der Waals surface area contributed by atoms with E-state index in [4.69, 9.17) is 0 Å². The molecule has 0 N–H and O–H groups in total. The highest BCUT2D eigenvalue weighted by Crippen LogP contribution is 2.15. The first-order chi connectivity index (χ1) is 9.84. The van der Waals surface area contributed by atoms with Crippen LogP contribution in [-0.4, -0.2) is 26.1 Å². The molecular formula is C15H12N4O. The van der Waals surface area contributed by atoms with Gasteiger partial charge in [-0.3, -0.25) is 4.79 Å². The molecule has 0 saturated carbocycles. The molecule has 5 heteroatoms. The molecule has 3 rings (SSSR count). The van der Waals surface area contributed by atoms with Crippen LogP contribution in [0.4, 0.5) is 0 Å². The fourth-order valence-electron chi connectivity index (χ4n) is 1.97. The van der Waals surface area contributed by atoms with Crippen LogP contribution in [0, 0.1) is 0 Å². The SMILES string of the molecule is O=C(Cc1ccccc1)n1nnnc1-c1ccccc1. The van der Waals surface area contributed by atoms with Crippen molar-refractivity contribution in [3.8, 4) is 11.4 Å². The van der Waals surface area contributed by atoms with Gasteiger partial charge in [-0.15, -0.1) is 5.10 Å². The maximum Gasteiger partial charge on any atom is 0.254 e. The van der Waals surface area contributed by atoms with Crippen LogP contribution in [0.2, 0.25) is 0 Å². The first-order valence-corrected chi connectivity index (χ1v) is 6.25. The largest absolute Gasteiger partial charge is 0.272 e. The Morgan fingerprint density at radius 1 is 0.950 bits per heavy atom. The molecular weight excluding hydrogens is 252 g/mol. The fraction of sp³-hybridized carbons (Fsp3) is 0.0667. The number of carbonyl (C=O) groups is 1. The van der Waals surface area contributed by atoms with E-state index in [-0.39, 0.29) is 12.3 Å². The zero-order valence-electron chi connectivity index (χ0n) is 10.7. The molecule has 0 fully saturated rings. The van der Waals surface area contributed by atoms with Crippen molar-refractivity contribution >= 4 is 5.91 Å². The molecule has 0 aliphatic rings. The van der Waals surface area contributed by atoms with Gasteiger partial charge in [0.05, 0.1) is 6.42 Å². The van der Waals surface area contributed by atoms with Crippen molar-refractivity contribution in [2.75, 3.05) is 0 Å². The minimum Gasteiger partial charge on any atom is -0.272 e. The Morgan fingerprint density at radius 2 is 1.60 bits per heavy atom. The molecule has 3 aromatic rings. The van der Waals surface area contributed by atoms with Crippen LogP contribution in [0.25, 0.3) is 11.4 Å². The molecule has 0 aliphatic heterocycles. The van der Waals surface area contributed by atoms with Crippen LogP contribution in [0.5, 0.6) is 0 Å². The Kier molecular flexibility index (Phi) is 3.33. The Labute approximate surface area is 115 Å². The predicted octanol–water partition coefficient (Wildman–Crippen LogP) is 2.22. The third kappa shape index (κ3) is 2.47. The van der Waals surface area contributed by atoms with Gasteiger partial charge in [-0.05, 0) is 16.0 Å². The van der Waals surface area contributed by atoms with Crippen LogP contribution in [0.1, 0.15) is 10.4 Å². The summed E-state index contributed by atoms with van der Waals surface area (Å²) in [5.74, 6) is 0.312. The molecule has 98 valence electrons. The zero-order chi connectivity index (χ0) is 13.8. The number of carbonyl (C=O) groups excluding carboxylic acids is 1. The molecule has 5 nitrogen and oxygen atoms in total. The maximum atomic E-state index is 12.3. The molecule has 2 aromatic carbocycles. The van der Waals surface area contributed by atoms with Crippen molar-refractivity contribution in [1.29, 1.82) is 0 Å². The van der Waals surface area contributed by atoms with E-state index in [2.05, 4.69) is 15.5 Å². The predicted molar refractivity (Wildman–Crippen MR) is 74.0 cm³/mol. The topological polar surface area (TPSA) is 60.7 Å². The minimum absolute atomic E-state index is 0.153. The van der Waals surface area contributed by atoms with Gasteiger partial charge in [-0.1, -0.05) is 60.7 Å². The lowest BCUT2D eigenvalue weighted by atomic mass is 10.1. The second-order valence-electron chi connectivity index (χ2n) is 4.34. The van der Waals surface area contributed by atoms with Crippen LogP contribution in [0.3, 0.4) is 0 Å². The first kappa shape index (κ1) is 12.2. The van der Waals surface area contributed by atoms with Crippen LogP contribution >= 0.6 is 0 Å². The third-order valence-corrected chi connectivity index (χ3v) is 2.94. The molecule has 1 heterocycles. The second kappa shape index (κ2) is 5.44. The van der Waals surface area contributed by atoms with E-state index >= 15 is 0 Å². The Balaban J connectivity index is 1.88. The van der Waals surface area contributed by atoms with Gasteiger partial charge in [-0.25, -0.2) is 0 Å². The van der Waals surface area contributed by atoms with Gasteiger partial charge in [0.2, 0.25) is 0 Å². The van der Waals surface area contributed by atoms with Crippen molar-refractivity contribution in [2.24, 2.45) is 0 Å². The Bertz CT molecular complexity index is 707. The van der Waals surface area contributed by atoms with Crippen molar-refractivity contribution in [1.82, 2.24) is 20.2 Å². The lowest BCUT2D eigenvalue weighted by Crippen LogP contribution is -2.16. The standard InChI is InChI=1S/C15H12N4O/c20-14(11-12-7-3-1-4-8-12)19-15(16-17-18-19)13-9-5-2-6-10-13/h1-10H,11H2. The van der Waals surface area contributed by atoms with Crippen LogP contribution in [-0.2, 0) is 6.42 Å². The van der Waals surface area contributed by atoms with Crippen LogP contribution < -0.4 is 0 Å². The number of hydrogen-bond donors (Lipinski definition) is 0. The fourth-order valence-corrected chi connectivity index (χ4v) is 1.97. The van der Waals surface area contributed by atoms with Crippen molar-refractivity contribution in [3.63, 3.8) is 0 Å². The van der Waals surface area contributed by atoms with Gasteiger partial charge < -0.3 is 0 Å². The summed E-state index contributed by atoms with van der Waals surface area (Å²) in [6.45, 7) is 0. The Morgan fingerprint density at radius 3 is 2.30 bits per heavy atom. The van der Waals surface area contributed by atoms with E-state index in [0.717, 1.165) is 11.1 Å². The summed E-state index contributed by atoms with van der Waals surface area (Å²) in [5, 5.41) is 11.3. The summed E-state index contributed by atoms with van der Waals surface area (Å²) < 4.78 is 1.25. The average Bonchev–Trinajstić information content (AvgIpc) is 2.99. The highest BCUT2D eigenvalue weighted by Gasteiger charge is 2.15. The van der Waals surface area contributed by atoms with Crippen molar-refractivity contribution < 1.29 is 4.79 Å². The summed E-state index contributed by atoms with van der Waals surface area (Å²) in [5.41, 5.74) is 1.76. The van der Waals surface area contributed by atoms with E-state index in [1.54, 1.807) is 0 Å². The highest BCUT2D eigenvalue weighted by molar-refractivity contribution is 5.83. The maximum absolute atomic E-state index is 12.3. The highest BCUT2D eigenvalue weighted by atomic mass is 16.2. The Hall–Kier alpha value is -2.82. The summed E-state index contributed by atoms with van der Waals surface area (Å²) in [7, 11) is 0. The molecule has 0 atom stereocenters. The monoisotopic (exact) mass is 264 g/mol. The van der Waals surface area contributed by atoms with Crippen molar-refractivity contribution in [3.05, 3.63) is 66.2 Å². The van der Waals surface area contributed by atoms with E-state index in [1.165, 1.54) is 4.68 Å². The molecule has 0 bridgehead atoms. The molecule has 0 spiro atoms. The van der Waals surface area contributed by atoms with Crippen LogP contribution in [0.15, 0.2) is 60.7 Å². The second-order valence-corrected chi connectivity index (χ2v) is 4.34. The molecule has 20 heavy (non-hydrogen) atoms.